The summed E-state index contributed by atoms with van der Waals surface area (Å²) in [6.45, 7) is 0.817. The maximum absolute atomic E-state index is 12.7. The molecule has 3 aromatic rings. The summed E-state index contributed by atoms with van der Waals surface area (Å²) in [5, 5.41) is 10.2. The van der Waals surface area contributed by atoms with Crippen LogP contribution in [0.3, 0.4) is 0 Å². The van der Waals surface area contributed by atoms with Crippen LogP contribution >= 0.6 is 0 Å². The molecule has 0 amide bonds. The number of carbonyl (C=O) groups is 1. The number of nitrogens with zero attached hydrogens (tertiary/aromatic N) is 2. The first-order chi connectivity index (χ1) is 12.8. The molecule has 1 aromatic carbocycles. The largest absolute Gasteiger partial charge is 0.478 e. The minimum Gasteiger partial charge on any atom is -0.478 e. The lowest BCUT2D eigenvalue weighted by atomic mass is 9.85. The van der Waals surface area contributed by atoms with Crippen LogP contribution in [0.2, 0.25) is 0 Å². The second-order valence-electron chi connectivity index (χ2n) is 6.96. The SMILES string of the molecule is O=C(O)c1cc(-c2ccc(C(F)(F)F)nc2)cc2c1ccn2CC1CCC1. The van der Waals surface area contributed by atoms with Gasteiger partial charge < -0.3 is 9.67 Å². The number of carboxylic acids is 1. The summed E-state index contributed by atoms with van der Waals surface area (Å²) in [5.41, 5.74) is 0.920. The van der Waals surface area contributed by atoms with Crippen molar-refractivity contribution in [3.8, 4) is 11.1 Å². The van der Waals surface area contributed by atoms with Crippen molar-refractivity contribution >= 4 is 16.9 Å². The van der Waals surface area contributed by atoms with Gasteiger partial charge in [0.25, 0.3) is 0 Å². The Morgan fingerprint density at radius 2 is 1.96 bits per heavy atom. The highest BCUT2D eigenvalue weighted by atomic mass is 19.4. The summed E-state index contributed by atoms with van der Waals surface area (Å²) in [5.74, 6) is -0.478. The standard InChI is InChI=1S/C20H17F3N2O2/c21-20(22,23)18-5-4-13(10-24-18)14-8-16(19(26)27)15-6-7-25(17(15)9-14)11-12-2-1-3-12/h4-10,12H,1-3,11H2,(H,26,27). The summed E-state index contributed by atoms with van der Waals surface area (Å²) in [6.07, 6.45) is 2.04. The fourth-order valence-electron chi connectivity index (χ4n) is 3.48. The van der Waals surface area contributed by atoms with Gasteiger partial charge in [-0.05, 0) is 48.6 Å². The van der Waals surface area contributed by atoms with Crippen LogP contribution in [0.5, 0.6) is 0 Å². The highest BCUT2D eigenvalue weighted by molar-refractivity contribution is 6.05. The van der Waals surface area contributed by atoms with Crippen LogP contribution in [0.4, 0.5) is 13.2 Å². The van der Waals surface area contributed by atoms with E-state index in [1.165, 1.54) is 18.6 Å². The molecule has 4 nitrogen and oxygen atoms in total. The maximum Gasteiger partial charge on any atom is 0.433 e. The first-order valence-corrected chi connectivity index (χ1v) is 8.73. The number of hydrogen-bond acceptors (Lipinski definition) is 2. The molecular weight excluding hydrogens is 357 g/mol. The van der Waals surface area contributed by atoms with Crippen LogP contribution < -0.4 is 0 Å². The number of benzene rings is 1. The second-order valence-corrected chi connectivity index (χ2v) is 6.96. The van der Waals surface area contributed by atoms with Crippen molar-refractivity contribution in [2.45, 2.75) is 32.0 Å². The molecule has 0 saturated heterocycles. The molecule has 1 aliphatic carbocycles. The molecule has 1 N–H and O–H groups in total. The molecule has 140 valence electrons. The van der Waals surface area contributed by atoms with Crippen LogP contribution in [-0.4, -0.2) is 20.6 Å². The van der Waals surface area contributed by atoms with E-state index in [9.17, 15) is 23.1 Å². The number of hydrogen-bond donors (Lipinski definition) is 1. The lowest BCUT2D eigenvalue weighted by molar-refractivity contribution is -0.141. The molecule has 2 aromatic heterocycles. The Balaban J connectivity index is 1.80. The van der Waals surface area contributed by atoms with Gasteiger partial charge in [0.1, 0.15) is 5.69 Å². The molecule has 0 aliphatic heterocycles. The van der Waals surface area contributed by atoms with Gasteiger partial charge in [-0.25, -0.2) is 4.79 Å². The monoisotopic (exact) mass is 374 g/mol. The van der Waals surface area contributed by atoms with Gasteiger partial charge in [0.15, 0.2) is 0 Å². The van der Waals surface area contributed by atoms with Crippen molar-refractivity contribution in [2.24, 2.45) is 5.92 Å². The molecule has 1 aliphatic rings. The normalized spacial score (nSPS) is 15.1. The molecular formula is C20H17F3N2O2. The second kappa shape index (κ2) is 6.40. The van der Waals surface area contributed by atoms with Crippen molar-refractivity contribution < 1.29 is 23.1 Å². The molecule has 2 heterocycles. The van der Waals surface area contributed by atoms with Gasteiger partial charge in [0.05, 0.1) is 5.56 Å². The molecule has 0 radical (unpaired) electrons. The Morgan fingerprint density at radius 1 is 1.19 bits per heavy atom. The van der Waals surface area contributed by atoms with Gasteiger partial charge in [-0.1, -0.05) is 12.5 Å². The Kier molecular flexibility index (Phi) is 4.17. The summed E-state index contributed by atoms with van der Waals surface area (Å²) in [4.78, 5) is 15.2. The van der Waals surface area contributed by atoms with Crippen molar-refractivity contribution in [3.63, 3.8) is 0 Å². The van der Waals surface area contributed by atoms with Gasteiger partial charge in [0, 0.05) is 35.4 Å². The van der Waals surface area contributed by atoms with E-state index in [0.29, 0.717) is 22.4 Å². The van der Waals surface area contributed by atoms with Gasteiger partial charge in [-0.15, -0.1) is 0 Å². The topological polar surface area (TPSA) is 55.1 Å². The summed E-state index contributed by atoms with van der Waals surface area (Å²) in [6, 6.07) is 7.33. The van der Waals surface area contributed by atoms with E-state index in [0.717, 1.165) is 37.2 Å². The van der Waals surface area contributed by atoms with Gasteiger partial charge in [-0.2, -0.15) is 13.2 Å². The van der Waals surface area contributed by atoms with Gasteiger partial charge >= 0.3 is 12.1 Å². The van der Waals surface area contributed by atoms with Gasteiger partial charge in [0.2, 0.25) is 0 Å². The zero-order chi connectivity index (χ0) is 19.2. The first kappa shape index (κ1) is 17.6. The van der Waals surface area contributed by atoms with Crippen molar-refractivity contribution in [3.05, 3.63) is 54.0 Å². The molecule has 0 unspecified atom stereocenters. The highest BCUT2D eigenvalue weighted by Crippen LogP contribution is 2.33. The smallest absolute Gasteiger partial charge is 0.433 e. The number of carboxylic acid groups (broad SMARTS) is 1. The van der Waals surface area contributed by atoms with E-state index in [4.69, 9.17) is 0 Å². The molecule has 1 fully saturated rings. The molecule has 0 bridgehead atoms. The summed E-state index contributed by atoms with van der Waals surface area (Å²) >= 11 is 0. The zero-order valence-corrected chi connectivity index (χ0v) is 14.3. The van der Waals surface area contributed by atoms with E-state index < -0.39 is 17.8 Å². The summed E-state index contributed by atoms with van der Waals surface area (Å²) in [7, 11) is 0. The first-order valence-electron chi connectivity index (χ1n) is 8.73. The molecule has 4 rings (SSSR count). The third kappa shape index (κ3) is 3.29. The van der Waals surface area contributed by atoms with Crippen LogP contribution in [-0.2, 0) is 12.7 Å². The predicted octanol–water partition coefficient (Wildman–Crippen LogP) is 5.22. The van der Waals surface area contributed by atoms with Crippen LogP contribution in [0.25, 0.3) is 22.0 Å². The minimum absolute atomic E-state index is 0.134. The van der Waals surface area contributed by atoms with Crippen LogP contribution in [0.15, 0.2) is 42.7 Å². The van der Waals surface area contributed by atoms with E-state index in [-0.39, 0.29) is 5.56 Å². The Labute approximate surface area is 153 Å². The van der Waals surface area contributed by atoms with Crippen molar-refractivity contribution in [1.29, 1.82) is 0 Å². The Hall–Kier alpha value is -2.83. The number of alkyl halides is 3. The maximum atomic E-state index is 12.7. The molecule has 27 heavy (non-hydrogen) atoms. The van der Waals surface area contributed by atoms with Gasteiger partial charge in [-0.3, -0.25) is 4.98 Å². The molecule has 0 spiro atoms. The van der Waals surface area contributed by atoms with Crippen molar-refractivity contribution in [1.82, 2.24) is 9.55 Å². The number of rotatable bonds is 4. The quantitative estimate of drug-likeness (QED) is 0.681. The summed E-state index contributed by atoms with van der Waals surface area (Å²) < 4.78 is 40.2. The predicted molar refractivity (Wildman–Crippen MR) is 94.5 cm³/mol. The Morgan fingerprint density at radius 3 is 2.52 bits per heavy atom. The Bertz CT molecular complexity index is 1000. The third-order valence-corrected chi connectivity index (χ3v) is 5.19. The number of aromatic carboxylic acids is 1. The number of aromatic nitrogens is 2. The third-order valence-electron chi connectivity index (χ3n) is 5.19. The average molecular weight is 374 g/mol. The zero-order valence-electron chi connectivity index (χ0n) is 14.3. The molecule has 1 saturated carbocycles. The van der Waals surface area contributed by atoms with Crippen molar-refractivity contribution in [2.75, 3.05) is 0 Å². The fourth-order valence-corrected chi connectivity index (χ4v) is 3.48. The fraction of sp³-hybridized carbons (Fsp3) is 0.300. The van der Waals surface area contributed by atoms with Crippen LogP contribution in [0.1, 0.15) is 35.3 Å². The van der Waals surface area contributed by atoms with E-state index in [2.05, 4.69) is 4.98 Å². The minimum atomic E-state index is -4.51. The van der Waals surface area contributed by atoms with Crippen LogP contribution in [0, 0.1) is 5.92 Å². The molecule has 0 atom stereocenters. The number of fused-ring (bicyclic) bond motifs is 1. The van der Waals surface area contributed by atoms with E-state index in [1.807, 2.05) is 16.8 Å². The van der Waals surface area contributed by atoms with E-state index in [1.54, 1.807) is 6.07 Å². The average Bonchev–Trinajstić information content (AvgIpc) is 2.99. The van der Waals surface area contributed by atoms with E-state index >= 15 is 0 Å². The highest BCUT2D eigenvalue weighted by Gasteiger charge is 2.32. The number of halogens is 3. The number of pyridine rings is 1. The molecule has 7 heteroatoms. The lowest BCUT2D eigenvalue weighted by Gasteiger charge is -2.26. The lowest BCUT2D eigenvalue weighted by Crippen LogP contribution is -2.17.